The second-order valence-electron chi connectivity index (χ2n) is 6.85. The van der Waals surface area contributed by atoms with Gasteiger partial charge in [-0.3, -0.25) is 4.79 Å². The molecule has 1 N–H and O–H groups in total. The van der Waals surface area contributed by atoms with E-state index in [2.05, 4.69) is 29.4 Å². The molecule has 6 heteroatoms. The Labute approximate surface area is 153 Å². The molecule has 0 saturated heterocycles. The summed E-state index contributed by atoms with van der Waals surface area (Å²) in [6.45, 7) is 4.50. The van der Waals surface area contributed by atoms with Gasteiger partial charge in [-0.25, -0.2) is 0 Å². The Hall–Kier alpha value is -1.82. The summed E-state index contributed by atoms with van der Waals surface area (Å²) in [5.74, 6) is 2.12. The van der Waals surface area contributed by atoms with E-state index in [4.69, 9.17) is 4.42 Å². The summed E-state index contributed by atoms with van der Waals surface area (Å²) >= 11 is 1.30. The van der Waals surface area contributed by atoms with Crippen molar-refractivity contribution in [3.8, 4) is 0 Å². The molecule has 5 nitrogen and oxygen atoms in total. The van der Waals surface area contributed by atoms with Gasteiger partial charge in [-0.2, -0.15) is 0 Å². The molecule has 2 aromatic rings. The summed E-state index contributed by atoms with van der Waals surface area (Å²) in [5, 5.41) is 11.7. The number of carbonyl (C=O) groups is 1. The molecule has 1 fully saturated rings. The first-order valence-corrected chi connectivity index (χ1v) is 9.89. The molecule has 1 heterocycles. The van der Waals surface area contributed by atoms with E-state index < -0.39 is 0 Å². The highest BCUT2D eigenvalue weighted by atomic mass is 32.2. The lowest BCUT2D eigenvalue weighted by Crippen LogP contribution is -2.44. The number of hydrogen-bond acceptors (Lipinski definition) is 5. The van der Waals surface area contributed by atoms with Crippen LogP contribution in [0.1, 0.15) is 44.6 Å². The second-order valence-corrected chi connectivity index (χ2v) is 7.78. The maximum absolute atomic E-state index is 12.2. The van der Waals surface area contributed by atoms with Crippen molar-refractivity contribution in [2.75, 3.05) is 5.75 Å². The summed E-state index contributed by atoms with van der Waals surface area (Å²) < 4.78 is 5.63. The smallest absolute Gasteiger partial charge is 0.277 e. The van der Waals surface area contributed by atoms with E-state index >= 15 is 0 Å². The van der Waals surface area contributed by atoms with Crippen molar-refractivity contribution in [3.05, 3.63) is 41.8 Å². The van der Waals surface area contributed by atoms with Crippen molar-refractivity contribution in [1.82, 2.24) is 15.5 Å². The van der Waals surface area contributed by atoms with Gasteiger partial charge in [0.1, 0.15) is 0 Å². The van der Waals surface area contributed by atoms with E-state index in [1.807, 2.05) is 30.3 Å². The molecule has 0 spiro atoms. The van der Waals surface area contributed by atoms with Crippen LogP contribution in [0.25, 0.3) is 0 Å². The molecule has 0 aliphatic heterocycles. The molecule has 3 atom stereocenters. The van der Waals surface area contributed by atoms with Gasteiger partial charge >= 0.3 is 0 Å². The zero-order chi connectivity index (χ0) is 17.6. The van der Waals surface area contributed by atoms with Crippen molar-refractivity contribution in [2.24, 2.45) is 11.8 Å². The Kier molecular flexibility index (Phi) is 6.13. The Bertz CT molecular complexity index is 689. The molecule has 1 aliphatic carbocycles. The van der Waals surface area contributed by atoms with Crippen LogP contribution in [0.15, 0.2) is 40.0 Å². The maximum Gasteiger partial charge on any atom is 0.277 e. The molecule has 1 aromatic carbocycles. The van der Waals surface area contributed by atoms with Crippen LogP contribution in [0.3, 0.4) is 0 Å². The number of hydrogen-bond donors (Lipinski definition) is 1. The molecule has 1 aromatic heterocycles. The number of thioether (sulfide) groups is 1. The van der Waals surface area contributed by atoms with Gasteiger partial charge in [0, 0.05) is 6.04 Å². The Balaban J connectivity index is 1.46. The predicted octanol–water partition coefficient (Wildman–Crippen LogP) is 3.69. The van der Waals surface area contributed by atoms with Crippen molar-refractivity contribution < 1.29 is 9.21 Å². The minimum Gasteiger partial charge on any atom is -0.416 e. The van der Waals surface area contributed by atoms with E-state index in [-0.39, 0.29) is 11.9 Å². The lowest BCUT2D eigenvalue weighted by molar-refractivity contribution is -0.120. The third kappa shape index (κ3) is 5.08. The first kappa shape index (κ1) is 18.0. The molecular weight excluding hydrogens is 334 g/mol. The van der Waals surface area contributed by atoms with E-state index in [0.29, 0.717) is 35.1 Å². The third-order valence-corrected chi connectivity index (χ3v) is 5.84. The fourth-order valence-electron chi connectivity index (χ4n) is 3.30. The molecular formula is C19H25N3O2S. The number of benzene rings is 1. The highest BCUT2D eigenvalue weighted by Gasteiger charge is 2.28. The molecule has 1 amide bonds. The lowest BCUT2D eigenvalue weighted by atomic mass is 9.78. The zero-order valence-electron chi connectivity index (χ0n) is 14.8. The van der Waals surface area contributed by atoms with Crippen LogP contribution in [-0.4, -0.2) is 27.9 Å². The Morgan fingerprint density at radius 3 is 2.84 bits per heavy atom. The SMILES string of the molecule is CC1CCCC(NC(=O)CSc2nnc(Cc3ccccc3)o2)C1C. The van der Waals surface area contributed by atoms with Crippen LogP contribution >= 0.6 is 11.8 Å². The number of aromatic nitrogens is 2. The summed E-state index contributed by atoms with van der Waals surface area (Å²) in [4.78, 5) is 12.2. The number of nitrogens with zero attached hydrogens (tertiary/aromatic N) is 2. The van der Waals surface area contributed by atoms with Crippen LogP contribution in [-0.2, 0) is 11.2 Å². The fraction of sp³-hybridized carbons (Fsp3) is 0.526. The Morgan fingerprint density at radius 1 is 1.24 bits per heavy atom. The summed E-state index contributed by atoms with van der Waals surface area (Å²) in [7, 11) is 0. The van der Waals surface area contributed by atoms with E-state index in [0.717, 1.165) is 12.0 Å². The minimum atomic E-state index is 0.0405. The van der Waals surface area contributed by atoms with Gasteiger partial charge in [0.25, 0.3) is 5.22 Å². The molecule has 1 saturated carbocycles. The predicted molar refractivity (Wildman–Crippen MR) is 98.4 cm³/mol. The van der Waals surface area contributed by atoms with Gasteiger partial charge in [-0.05, 0) is 23.8 Å². The number of rotatable bonds is 6. The average molecular weight is 359 g/mol. The van der Waals surface area contributed by atoms with Crippen molar-refractivity contribution >= 4 is 17.7 Å². The fourth-order valence-corrected chi connectivity index (χ4v) is 3.89. The van der Waals surface area contributed by atoms with E-state index in [9.17, 15) is 4.79 Å². The standard InChI is InChI=1S/C19H25N3O2S/c1-13-7-6-10-16(14(13)2)20-17(23)12-25-19-22-21-18(24-19)11-15-8-4-3-5-9-15/h3-5,8-9,13-14,16H,6-7,10-12H2,1-2H3,(H,20,23). The van der Waals surface area contributed by atoms with Gasteiger partial charge in [0.05, 0.1) is 12.2 Å². The normalized spacial score (nSPS) is 23.4. The average Bonchev–Trinajstić information content (AvgIpc) is 3.05. The lowest BCUT2D eigenvalue weighted by Gasteiger charge is -2.34. The van der Waals surface area contributed by atoms with Crippen molar-refractivity contribution in [1.29, 1.82) is 0 Å². The first-order chi connectivity index (χ1) is 12.1. The molecule has 3 unspecified atom stereocenters. The monoisotopic (exact) mass is 359 g/mol. The van der Waals surface area contributed by atoms with Crippen LogP contribution in [0.2, 0.25) is 0 Å². The highest BCUT2D eigenvalue weighted by Crippen LogP contribution is 2.29. The van der Waals surface area contributed by atoms with Gasteiger partial charge in [-0.15, -0.1) is 10.2 Å². The first-order valence-electron chi connectivity index (χ1n) is 8.90. The topological polar surface area (TPSA) is 68.0 Å². The van der Waals surface area contributed by atoms with Gasteiger partial charge in [-0.1, -0.05) is 68.8 Å². The molecule has 1 aliphatic rings. The van der Waals surface area contributed by atoms with Crippen LogP contribution in [0, 0.1) is 11.8 Å². The van der Waals surface area contributed by atoms with E-state index in [1.54, 1.807) is 0 Å². The molecule has 0 radical (unpaired) electrons. The number of carbonyl (C=O) groups excluding carboxylic acids is 1. The number of nitrogens with one attached hydrogen (secondary N) is 1. The van der Waals surface area contributed by atoms with Gasteiger partial charge < -0.3 is 9.73 Å². The Morgan fingerprint density at radius 2 is 2.04 bits per heavy atom. The quantitative estimate of drug-likeness (QED) is 0.797. The van der Waals surface area contributed by atoms with Crippen molar-refractivity contribution in [2.45, 2.75) is 50.8 Å². The second kappa shape index (κ2) is 8.52. The van der Waals surface area contributed by atoms with Crippen LogP contribution < -0.4 is 5.32 Å². The van der Waals surface area contributed by atoms with Crippen LogP contribution in [0.4, 0.5) is 0 Å². The number of amides is 1. The van der Waals surface area contributed by atoms with Crippen LogP contribution in [0.5, 0.6) is 0 Å². The highest BCUT2D eigenvalue weighted by molar-refractivity contribution is 7.99. The van der Waals surface area contributed by atoms with Gasteiger partial charge in [0.2, 0.25) is 11.8 Å². The van der Waals surface area contributed by atoms with Crippen molar-refractivity contribution in [3.63, 3.8) is 0 Å². The van der Waals surface area contributed by atoms with E-state index in [1.165, 1.54) is 24.6 Å². The summed E-state index contributed by atoms with van der Waals surface area (Å²) in [6.07, 6.45) is 4.13. The maximum atomic E-state index is 12.2. The molecule has 25 heavy (non-hydrogen) atoms. The summed E-state index contributed by atoms with van der Waals surface area (Å²) in [6, 6.07) is 10.3. The molecule has 134 valence electrons. The molecule has 3 rings (SSSR count). The van der Waals surface area contributed by atoms with Gasteiger partial charge in [0.15, 0.2) is 0 Å². The zero-order valence-corrected chi connectivity index (χ0v) is 15.6. The summed E-state index contributed by atoms with van der Waals surface area (Å²) in [5.41, 5.74) is 1.13. The third-order valence-electron chi connectivity index (χ3n) is 5.03. The molecule has 0 bridgehead atoms. The minimum absolute atomic E-state index is 0.0405. The largest absolute Gasteiger partial charge is 0.416 e.